The van der Waals surface area contributed by atoms with Gasteiger partial charge in [-0.3, -0.25) is 9.78 Å². The van der Waals surface area contributed by atoms with Crippen LogP contribution < -0.4 is 10.6 Å². The fraction of sp³-hybridized carbons (Fsp3) is 0.462. The molecular weight excluding hydrogens is 262 g/mol. The van der Waals surface area contributed by atoms with E-state index in [2.05, 4.69) is 15.6 Å². The van der Waals surface area contributed by atoms with E-state index in [4.69, 9.17) is 9.84 Å². The molecule has 20 heavy (non-hydrogen) atoms. The Morgan fingerprint density at radius 2 is 2.20 bits per heavy atom. The van der Waals surface area contributed by atoms with Crippen LogP contribution in [0.4, 0.5) is 10.5 Å². The summed E-state index contributed by atoms with van der Waals surface area (Å²) in [5.41, 5.74) is 0.939. The van der Waals surface area contributed by atoms with E-state index in [9.17, 15) is 9.59 Å². The van der Waals surface area contributed by atoms with Crippen molar-refractivity contribution in [2.45, 2.75) is 26.4 Å². The van der Waals surface area contributed by atoms with Gasteiger partial charge in [0.15, 0.2) is 0 Å². The molecule has 1 heterocycles. The van der Waals surface area contributed by atoms with Crippen molar-refractivity contribution in [1.29, 1.82) is 0 Å². The molecular formula is C13H19N3O4. The van der Waals surface area contributed by atoms with E-state index in [0.717, 1.165) is 0 Å². The lowest BCUT2D eigenvalue weighted by Gasteiger charge is -2.13. The number of nitrogens with zero attached hydrogens (tertiary/aromatic N) is 1. The molecule has 1 aromatic heterocycles. The van der Waals surface area contributed by atoms with Gasteiger partial charge in [-0.1, -0.05) is 0 Å². The van der Waals surface area contributed by atoms with Crippen LogP contribution in [-0.4, -0.2) is 41.3 Å². The Kier molecular flexibility index (Phi) is 6.45. The minimum absolute atomic E-state index is 0.0539. The maximum absolute atomic E-state index is 11.6. The monoisotopic (exact) mass is 281 g/mol. The van der Waals surface area contributed by atoms with Crippen molar-refractivity contribution in [2.75, 3.05) is 18.5 Å². The molecule has 0 radical (unpaired) electrons. The summed E-state index contributed by atoms with van der Waals surface area (Å²) in [4.78, 5) is 26.0. The van der Waals surface area contributed by atoms with Crippen LogP contribution in [0, 0.1) is 0 Å². The first-order chi connectivity index (χ1) is 9.51. The summed E-state index contributed by atoms with van der Waals surface area (Å²) in [5.74, 6) is -0.944. The zero-order valence-electron chi connectivity index (χ0n) is 11.5. The quantitative estimate of drug-likeness (QED) is 0.698. The van der Waals surface area contributed by atoms with Crippen LogP contribution in [0.3, 0.4) is 0 Å². The molecule has 3 N–H and O–H groups in total. The number of carboxylic acid groups (broad SMARTS) is 1. The van der Waals surface area contributed by atoms with Crippen molar-refractivity contribution < 1.29 is 19.4 Å². The molecule has 0 saturated heterocycles. The van der Waals surface area contributed by atoms with Gasteiger partial charge in [-0.15, -0.1) is 0 Å². The molecule has 1 aromatic rings. The maximum atomic E-state index is 11.6. The lowest BCUT2D eigenvalue weighted by atomic mass is 10.2. The molecule has 0 aliphatic carbocycles. The molecule has 0 spiro atoms. The Bertz CT molecular complexity index is 447. The minimum Gasteiger partial charge on any atom is -0.481 e. The van der Waals surface area contributed by atoms with Gasteiger partial charge < -0.3 is 20.5 Å². The zero-order valence-corrected chi connectivity index (χ0v) is 11.5. The first-order valence-electron chi connectivity index (χ1n) is 6.34. The van der Waals surface area contributed by atoms with E-state index in [1.54, 1.807) is 12.1 Å². The van der Waals surface area contributed by atoms with E-state index in [1.165, 1.54) is 6.20 Å². The molecule has 7 nitrogen and oxygen atoms in total. The molecule has 0 aliphatic rings. The zero-order chi connectivity index (χ0) is 15.0. The third-order valence-electron chi connectivity index (χ3n) is 2.42. The number of anilines is 1. The van der Waals surface area contributed by atoms with E-state index >= 15 is 0 Å². The number of aromatic nitrogens is 1. The predicted molar refractivity (Wildman–Crippen MR) is 73.7 cm³/mol. The maximum Gasteiger partial charge on any atom is 0.319 e. The van der Waals surface area contributed by atoms with Crippen molar-refractivity contribution in [2.24, 2.45) is 0 Å². The van der Waals surface area contributed by atoms with Crippen LogP contribution in [0.25, 0.3) is 0 Å². The van der Waals surface area contributed by atoms with E-state index in [0.29, 0.717) is 24.5 Å². The molecule has 110 valence electrons. The second kappa shape index (κ2) is 8.11. The number of ether oxygens (including phenoxy) is 1. The average molecular weight is 281 g/mol. The van der Waals surface area contributed by atoms with Gasteiger partial charge in [0, 0.05) is 13.2 Å². The Morgan fingerprint density at radius 1 is 1.45 bits per heavy atom. The molecule has 1 unspecified atom stereocenters. The smallest absolute Gasteiger partial charge is 0.319 e. The van der Waals surface area contributed by atoms with Crippen molar-refractivity contribution in [3.8, 4) is 0 Å². The van der Waals surface area contributed by atoms with E-state index in [-0.39, 0.29) is 18.6 Å². The summed E-state index contributed by atoms with van der Waals surface area (Å²) >= 11 is 0. The van der Waals surface area contributed by atoms with Gasteiger partial charge >= 0.3 is 12.0 Å². The molecule has 0 bridgehead atoms. The number of hydrogen-bond acceptors (Lipinski definition) is 4. The largest absolute Gasteiger partial charge is 0.481 e. The topological polar surface area (TPSA) is 101 Å². The summed E-state index contributed by atoms with van der Waals surface area (Å²) in [6.45, 7) is 4.76. The fourth-order valence-electron chi connectivity index (χ4n) is 1.51. The summed E-state index contributed by atoms with van der Waals surface area (Å²) in [5, 5.41) is 13.9. The van der Waals surface area contributed by atoms with Crippen molar-refractivity contribution >= 4 is 17.7 Å². The van der Waals surface area contributed by atoms with Crippen LogP contribution in [0.1, 0.15) is 19.5 Å². The third-order valence-corrected chi connectivity index (χ3v) is 2.42. The van der Waals surface area contributed by atoms with Crippen molar-refractivity contribution in [3.63, 3.8) is 0 Å². The number of aliphatic carboxylic acids is 1. The highest BCUT2D eigenvalue weighted by Gasteiger charge is 2.06. The number of nitrogens with one attached hydrogen (secondary N) is 2. The molecule has 0 saturated carbocycles. The average Bonchev–Trinajstić information content (AvgIpc) is 2.38. The van der Waals surface area contributed by atoms with Crippen LogP contribution in [0.15, 0.2) is 18.3 Å². The molecule has 1 rings (SSSR count). The Morgan fingerprint density at radius 3 is 2.75 bits per heavy atom. The number of carbonyl (C=O) groups excluding carboxylic acids is 1. The Labute approximate surface area is 117 Å². The third kappa shape index (κ3) is 6.14. The number of hydrogen-bond donors (Lipinski definition) is 3. The van der Waals surface area contributed by atoms with Gasteiger partial charge in [0.25, 0.3) is 0 Å². The number of pyridine rings is 1. The summed E-state index contributed by atoms with van der Waals surface area (Å²) < 4.78 is 5.28. The Hall–Kier alpha value is -2.15. The van der Waals surface area contributed by atoms with Crippen LogP contribution in [-0.2, 0) is 16.0 Å². The first-order valence-corrected chi connectivity index (χ1v) is 6.34. The number of urea groups is 1. The second-order valence-corrected chi connectivity index (χ2v) is 4.21. The first kappa shape index (κ1) is 15.9. The molecule has 2 amide bonds. The van der Waals surface area contributed by atoms with Gasteiger partial charge in [-0.2, -0.15) is 0 Å². The van der Waals surface area contributed by atoms with Gasteiger partial charge in [-0.25, -0.2) is 4.79 Å². The predicted octanol–water partition coefficient (Wildman–Crippen LogP) is 1.26. The summed E-state index contributed by atoms with van der Waals surface area (Å²) in [6.07, 6.45) is 1.23. The number of rotatable bonds is 7. The minimum atomic E-state index is -0.944. The molecule has 1 atom stereocenters. The fourth-order valence-corrected chi connectivity index (χ4v) is 1.51. The summed E-state index contributed by atoms with van der Waals surface area (Å²) in [7, 11) is 0. The lowest BCUT2D eigenvalue weighted by Crippen LogP contribution is -2.35. The second-order valence-electron chi connectivity index (χ2n) is 4.21. The SMILES string of the molecule is CCOC(C)CNC(=O)Nc1ccc(CC(=O)O)nc1. The number of carbonyl (C=O) groups is 2. The standard InChI is InChI=1S/C13H19N3O4/c1-3-20-9(2)7-15-13(19)16-11-5-4-10(14-8-11)6-12(17)18/h4-5,8-9H,3,6-7H2,1-2H3,(H,17,18)(H2,15,16,19). The van der Waals surface area contributed by atoms with E-state index in [1.807, 2.05) is 13.8 Å². The van der Waals surface area contributed by atoms with Gasteiger partial charge in [0.2, 0.25) is 0 Å². The van der Waals surface area contributed by atoms with Gasteiger partial charge in [0.1, 0.15) is 0 Å². The molecule has 0 aromatic carbocycles. The summed E-state index contributed by atoms with van der Waals surface area (Å²) in [6, 6.07) is 2.81. The van der Waals surface area contributed by atoms with E-state index < -0.39 is 5.97 Å². The highest BCUT2D eigenvalue weighted by Crippen LogP contribution is 2.06. The lowest BCUT2D eigenvalue weighted by molar-refractivity contribution is -0.136. The van der Waals surface area contributed by atoms with Crippen molar-refractivity contribution in [1.82, 2.24) is 10.3 Å². The highest BCUT2D eigenvalue weighted by molar-refractivity contribution is 5.89. The molecule has 7 heteroatoms. The van der Waals surface area contributed by atoms with Crippen LogP contribution in [0.5, 0.6) is 0 Å². The molecule has 0 aliphatic heterocycles. The number of amides is 2. The van der Waals surface area contributed by atoms with Crippen molar-refractivity contribution in [3.05, 3.63) is 24.0 Å². The van der Waals surface area contributed by atoms with Gasteiger partial charge in [0.05, 0.1) is 30.1 Å². The molecule has 0 fully saturated rings. The van der Waals surface area contributed by atoms with Crippen LogP contribution >= 0.6 is 0 Å². The highest BCUT2D eigenvalue weighted by atomic mass is 16.5. The van der Waals surface area contributed by atoms with Crippen LogP contribution in [0.2, 0.25) is 0 Å². The Balaban J connectivity index is 2.40. The van der Waals surface area contributed by atoms with Gasteiger partial charge in [-0.05, 0) is 26.0 Å². The number of carboxylic acids is 1. The normalized spacial score (nSPS) is 11.7.